The summed E-state index contributed by atoms with van der Waals surface area (Å²) >= 11 is 6.17. The fraction of sp³-hybridized carbons (Fsp3) is 0.214. The Balaban J connectivity index is 2.01. The molecule has 1 aromatic carbocycles. The van der Waals surface area contributed by atoms with Crippen molar-refractivity contribution in [2.75, 3.05) is 24.2 Å². The van der Waals surface area contributed by atoms with Gasteiger partial charge in [0, 0.05) is 31.7 Å². The lowest BCUT2D eigenvalue weighted by molar-refractivity contribution is 0.875. The third-order valence-corrected chi connectivity index (χ3v) is 3.17. The van der Waals surface area contributed by atoms with Crippen LogP contribution in [0.25, 0.3) is 0 Å². The highest BCUT2D eigenvalue weighted by Crippen LogP contribution is 2.26. The van der Waals surface area contributed by atoms with E-state index in [0.717, 1.165) is 18.7 Å². The SMILES string of the molecule is CN(CCc1ccncc1)c1ccc(N)cc1Cl. The molecule has 2 rings (SSSR count). The van der Waals surface area contributed by atoms with Crippen molar-refractivity contribution in [3.63, 3.8) is 0 Å². The number of nitrogens with two attached hydrogens (primary N) is 1. The van der Waals surface area contributed by atoms with Gasteiger partial charge in [0.2, 0.25) is 0 Å². The number of benzene rings is 1. The predicted octanol–water partition coefficient (Wildman–Crippen LogP) is 3.00. The van der Waals surface area contributed by atoms with Gasteiger partial charge in [-0.05, 0) is 42.3 Å². The van der Waals surface area contributed by atoms with Crippen LogP contribution >= 0.6 is 11.6 Å². The van der Waals surface area contributed by atoms with Crippen LogP contribution in [0.4, 0.5) is 11.4 Å². The van der Waals surface area contributed by atoms with Crippen molar-refractivity contribution < 1.29 is 0 Å². The highest BCUT2D eigenvalue weighted by molar-refractivity contribution is 6.33. The van der Waals surface area contributed by atoms with Gasteiger partial charge in [0.25, 0.3) is 0 Å². The van der Waals surface area contributed by atoms with Crippen LogP contribution in [0.3, 0.4) is 0 Å². The van der Waals surface area contributed by atoms with E-state index in [2.05, 4.69) is 9.88 Å². The molecule has 0 unspecified atom stereocenters. The Labute approximate surface area is 112 Å². The number of anilines is 2. The molecule has 2 aromatic rings. The van der Waals surface area contributed by atoms with Gasteiger partial charge in [0.1, 0.15) is 0 Å². The summed E-state index contributed by atoms with van der Waals surface area (Å²) in [7, 11) is 2.03. The second-order valence-corrected chi connectivity index (χ2v) is 4.65. The van der Waals surface area contributed by atoms with Crippen LogP contribution in [0.15, 0.2) is 42.7 Å². The Morgan fingerprint density at radius 3 is 2.61 bits per heavy atom. The molecule has 0 atom stereocenters. The van der Waals surface area contributed by atoms with Crippen molar-refractivity contribution in [1.82, 2.24) is 4.98 Å². The van der Waals surface area contributed by atoms with Gasteiger partial charge in [-0.15, -0.1) is 0 Å². The number of rotatable bonds is 4. The zero-order valence-corrected chi connectivity index (χ0v) is 11.1. The van der Waals surface area contributed by atoms with Gasteiger partial charge >= 0.3 is 0 Å². The Kier molecular flexibility index (Phi) is 4.05. The van der Waals surface area contributed by atoms with Gasteiger partial charge in [-0.3, -0.25) is 4.98 Å². The standard InChI is InChI=1S/C14H16ClN3/c1-18(9-6-11-4-7-17-8-5-11)14-3-2-12(16)10-13(14)15/h2-5,7-8,10H,6,9,16H2,1H3. The van der Waals surface area contributed by atoms with Crippen molar-refractivity contribution in [3.8, 4) is 0 Å². The van der Waals surface area contributed by atoms with Gasteiger partial charge in [-0.25, -0.2) is 0 Å². The Hall–Kier alpha value is -1.74. The summed E-state index contributed by atoms with van der Waals surface area (Å²) in [6.07, 6.45) is 4.58. The number of halogens is 1. The molecule has 0 spiro atoms. The van der Waals surface area contributed by atoms with Gasteiger partial charge in [-0.1, -0.05) is 11.6 Å². The molecule has 0 radical (unpaired) electrons. The number of hydrogen-bond acceptors (Lipinski definition) is 3. The van der Waals surface area contributed by atoms with Gasteiger partial charge in [0.05, 0.1) is 10.7 Å². The van der Waals surface area contributed by atoms with Crippen LogP contribution < -0.4 is 10.6 Å². The topological polar surface area (TPSA) is 42.2 Å². The maximum atomic E-state index is 6.17. The van der Waals surface area contributed by atoms with E-state index >= 15 is 0 Å². The second-order valence-electron chi connectivity index (χ2n) is 4.24. The average molecular weight is 262 g/mol. The summed E-state index contributed by atoms with van der Waals surface area (Å²) in [5.41, 5.74) is 8.64. The highest BCUT2D eigenvalue weighted by Gasteiger charge is 2.06. The fourth-order valence-corrected chi connectivity index (χ4v) is 2.13. The molecule has 4 heteroatoms. The van der Waals surface area contributed by atoms with Crippen molar-refractivity contribution >= 4 is 23.0 Å². The van der Waals surface area contributed by atoms with Gasteiger partial charge in [0.15, 0.2) is 0 Å². The summed E-state index contributed by atoms with van der Waals surface area (Å²) in [6, 6.07) is 9.64. The Morgan fingerprint density at radius 2 is 1.94 bits per heavy atom. The maximum absolute atomic E-state index is 6.17. The third kappa shape index (κ3) is 3.14. The molecule has 0 saturated heterocycles. The van der Waals surface area contributed by atoms with E-state index in [0.29, 0.717) is 10.7 Å². The van der Waals surface area contributed by atoms with Crippen LogP contribution in [0, 0.1) is 0 Å². The zero-order chi connectivity index (χ0) is 13.0. The first-order chi connectivity index (χ1) is 8.66. The van der Waals surface area contributed by atoms with Crippen molar-refractivity contribution in [2.24, 2.45) is 0 Å². The smallest absolute Gasteiger partial charge is 0.0659 e. The first-order valence-electron chi connectivity index (χ1n) is 5.82. The van der Waals surface area contributed by atoms with Crippen molar-refractivity contribution in [1.29, 1.82) is 0 Å². The van der Waals surface area contributed by atoms with E-state index < -0.39 is 0 Å². The van der Waals surface area contributed by atoms with Crippen LogP contribution in [0.5, 0.6) is 0 Å². The minimum atomic E-state index is 0.686. The third-order valence-electron chi connectivity index (χ3n) is 2.87. The molecule has 1 heterocycles. The molecule has 18 heavy (non-hydrogen) atoms. The molecule has 0 aliphatic rings. The molecule has 3 nitrogen and oxygen atoms in total. The number of hydrogen-bond donors (Lipinski definition) is 1. The van der Waals surface area contributed by atoms with Gasteiger partial charge in [-0.2, -0.15) is 0 Å². The Morgan fingerprint density at radius 1 is 1.22 bits per heavy atom. The van der Waals surface area contributed by atoms with Crippen molar-refractivity contribution in [3.05, 3.63) is 53.3 Å². The van der Waals surface area contributed by atoms with E-state index in [1.54, 1.807) is 6.07 Å². The van der Waals surface area contributed by atoms with Crippen molar-refractivity contribution in [2.45, 2.75) is 6.42 Å². The minimum absolute atomic E-state index is 0.686. The largest absolute Gasteiger partial charge is 0.399 e. The van der Waals surface area contributed by atoms with E-state index in [4.69, 9.17) is 17.3 Å². The summed E-state index contributed by atoms with van der Waals surface area (Å²) in [5, 5.41) is 0.687. The predicted molar refractivity (Wildman–Crippen MR) is 77.1 cm³/mol. The number of nitrogens with zero attached hydrogens (tertiary/aromatic N) is 2. The van der Waals surface area contributed by atoms with E-state index in [-0.39, 0.29) is 0 Å². The summed E-state index contributed by atoms with van der Waals surface area (Å²) in [6.45, 7) is 0.896. The Bertz CT molecular complexity index is 514. The van der Waals surface area contributed by atoms with Crippen LogP contribution in [-0.2, 0) is 6.42 Å². The molecule has 0 aliphatic carbocycles. The molecule has 0 amide bonds. The van der Waals surface area contributed by atoms with E-state index in [1.807, 2.05) is 43.7 Å². The molecule has 0 saturated carbocycles. The molecular formula is C14H16ClN3. The normalized spacial score (nSPS) is 10.3. The van der Waals surface area contributed by atoms with Crippen LogP contribution in [0.1, 0.15) is 5.56 Å². The molecule has 1 aromatic heterocycles. The molecule has 94 valence electrons. The van der Waals surface area contributed by atoms with Crippen LogP contribution in [0.2, 0.25) is 5.02 Å². The summed E-state index contributed by atoms with van der Waals surface area (Å²) < 4.78 is 0. The number of nitrogen functional groups attached to an aromatic ring is 1. The molecule has 0 fully saturated rings. The fourth-order valence-electron chi connectivity index (χ4n) is 1.80. The monoisotopic (exact) mass is 261 g/mol. The minimum Gasteiger partial charge on any atom is -0.399 e. The number of likely N-dealkylation sites (N-methyl/N-ethyl adjacent to an activating group) is 1. The summed E-state index contributed by atoms with van der Waals surface area (Å²) in [4.78, 5) is 6.13. The molecule has 2 N–H and O–H groups in total. The average Bonchev–Trinajstić information content (AvgIpc) is 2.37. The highest BCUT2D eigenvalue weighted by atomic mass is 35.5. The second kappa shape index (κ2) is 5.74. The first-order valence-corrected chi connectivity index (χ1v) is 6.19. The van der Waals surface area contributed by atoms with E-state index in [1.165, 1.54) is 5.56 Å². The van der Waals surface area contributed by atoms with Gasteiger partial charge < -0.3 is 10.6 Å². The lowest BCUT2D eigenvalue weighted by Gasteiger charge is -2.20. The first kappa shape index (κ1) is 12.7. The van der Waals surface area contributed by atoms with Crippen LogP contribution in [-0.4, -0.2) is 18.6 Å². The summed E-state index contributed by atoms with van der Waals surface area (Å²) in [5.74, 6) is 0. The zero-order valence-electron chi connectivity index (χ0n) is 10.3. The lowest BCUT2D eigenvalue weighted by atomic mass is 10.2. The quantitative estimate of drug-likeness (QED) is 0.861. The van der Waals surface area contributed by atoms with E-state index in [9.17, 15) is 0 Å². The molecular weight excluding hydrogens is 246 g/mol. The molecule has 0 bridgehead atoms. The maximum Gasteiger partial charge on any atom is 0.0659 e. The number of pyridine rings is 1. The lowest BCUT2D eigenvalue weighted by Crippen LogP contribution is -2.20. The molecule has 0 aliphatic heterocycles. The number of aromatic nitrogens is 1.